The molecule has 0 aliphatic carbocycles. The maximum Gasteiger partial charge on any atom is 0.134 e. The summed E-state index contributed by atoms with van der Waals surface area (Å²) in [6.07, 6.45) is 2.13. The number of ether oxygens (including phenoxy) is 1. The van der Waals surface area contributed by atoms with Crippen LogP contribution in [0.3, 0.4) is 0 Å². The molecule has 0 amide bonds. The highest BCUT2D eigenvalue weighted by Crippen LogP contribution is 2.12. The Morgan fingerprint density at radius 3 is 2.94 bits per heavy atom. The predicted molar refractivity (Wildman–Crippen MR) is 62.0 cm³/mol. The molecule has 0 bridgehead atoms. The van der Waals surface area contributed by atoms with Crippen molar-refractivity contribution in [3.05, 3.63) is 48.2 Å². The van der Waals surface area contributed by atoms with Crippen LogP contribution in [0.4, 0.5) is 10.2 Å². The van der Waals surface area contributed by atoms with E-state index < -0.39 is 0 Å². The molecule has 2 rings (SSSR count). The van der Waals surface area contributed by atoms with Crippen LogP contribution < -0.4 is 10.5 Å². The second-order valence-corrected chi connectivity index (χ2v) is 3.45. The lowest BCUT2D eigenvalue weighted by Gasteiger charge is -2.05. The van der Waals surface area contributed by atoms with E-state index >= 15 is 0 Å². The van der Waals surface area contributed by atoms with Crippen molar-refractivity contribution in [2.45, 2.75) is 6.42 Å². The van der Waals surface area contributed by atoms with Gasteiger partial charge in [0.2, 0.25) is 0 Å². The zero-order valence-corrected chi connectivity index (χ0v) is 9.14. The van der Waals surface area contributed by atoms with Crippen molar-refractivity contribution in [2.24, 2.45) is 0 Å². The molecule has 4 nitrogen and oxygen atoms in total. The van der Waals surface area contributed by atoms with Gasteiger partial charge in [0.1, 0.15) is 23.2 Å². The van der Waals surface area contributed by atoms with Crippen LogP contribution in [-0.4, -0.2) is 16.6 Å². The van der Waals surface area contributed by atoms with E-state index in [4.69, 9.17) is 10.5 Å². The van der Waals surface area contributed by atoms with Gasteiger partial charge < -0.3 is 10.5 Å². The van der Waals surface area contributed by atoms with Gasteiger partial charge in [-0.25, -0.2) is 14.4 Å². The number of hydrogen-bond donors (Lipinski definition) is 1. The fourth-order valence-electron chi connectivity index (χ4n) is 1.35. The first-order valence-electron chi connectivity index (χ1n) is 5.20. The van der Waals surface area contributed by atoms with E-state index in [-0.39, 0.29) is 5.82 Å². The minimum Gasteiger partial charge on any atom is -0.493 e. The summed E-state index contributed by atoms with van der Waals surface area (Å²) in [6.45, 7) is 0.382. The standard InChI is InChI=1S/C12H12FN3O/c13-9-2-1-3-10(8-9)17-7-5-12-15-6-4-11(14)16-12/h1-4,6,8H,5,7H2,(H2,14,15,16). The molecule has 88 valence electrons. The molecule has 17 heavy (non-hydrogen) atoms. The van der Waals surface area contributed by atoms with Crippen LogP contribution in [0.5, 0.6) is 5.75 Å². The Morgan fingerprint density at radius 2 is 2.18 bits per heavy atom. The van der Waals surface area contributed by atoms with E-state index in [1.54, 1.807) is 24.4 Å². The molecule has 0 unspecified atom stereocenters. The summed E-state index contributed by atoms with van der Waals surface area (Å²) in [5.74, 6) is 1.22. The van der Waals surface area contributed by atoms with Crippen LogP contribution in [-0.2, 0) is 6.42 Å². The van der Waals surface area contributed by atoms with Gasteiger partial charge in [-0.1, -0.05) is 6.07 Å². The van der Waals surface area contributed by atoms with Gasteiger partial charge in [-0.3, -0.25) is 0 Å². The van der Waals surface area contributed by atoms with Crippen LogP contribution in [0.15, 0.2) is 36.5 Å². The van der Waals surface area contributed by atoms with Crippen molar-refractivity contribution in [3.8, 4) is 5.75 Å². The molecule has 1 aromatic carbocycles. The molecule has 0 saturated heterocycles. The summed E-state index contributed by atoms with van der Waals surface area (Å²) in [5, 5.41) is 0. The van der Waals surface area contributed by atoms with E-state index in [0.717, 1.165) is 0 Å². The van der Waals surface area contributed by atoms with Crippen LogP contribution in [0.2, 0.25) is 0 Å². The number of hydrogen-bond acceptors (Lipinski definition) is 4. The third kappa shape index (κ3) is 3.41. The fraction of sp³-hybridized carbons (Fsp3) is 0.167. The smallest absolute Gasteiger partial charge is 0.134 e. The fourth-order valence-corrected chi connectivity index (χ4v) is 1.35. The van der Waals surface area contributed by atoms with Gasteiger partial charge in [0, 0.05) is 18.7 Å². The number of nitrogen functional groups attached to an aromatic ring is 1. The summed E-state index contributed by atoms with van der Waals surface area (Å²) in [5.41, 5.74) is 5.52. The zero-order valence-electron chi connectivity index (χ0n) is 9.14. The summed E-state index contributed by atoms with van der Waals surface area (Å²) in [4.78, 5) is 8.08. The minimum atomic E-state index is -0.317. The minimum absolute atomic E-state index is 0.317. The average Bonchev–Trinajstić information content (AvgIpc) is 2.29. The molecule has 0 aliphatic rings. The van der Waals surface area contributed by atoms with E-state index in [9.17, 15) is 4.39 Å². The van der Waals surface area contributed by atoms with Crippen molar-refractivity contribution in [1.82, 2.24) is 9.97 Å². The number of nitrogens with two attached hydrogens (primary N) is 1. The molecular formula is C12H12FN3O. The lowest BCUT2D eigenvalue weighted by molar-refractivity contribution is 0.317. The Labute approximate surface area is 98.3 Å². The number of halogens is 1. The van der Waals surface area contributed by atoms with Gasteiger partial charge in [-0.15, -0.1) is 0 Å². The van der Waals surface area contributed by atoms with E-state index in [2.05, 4.69) is 9.97 Å². The number of rotatable bonds is 4. The normalized spacial score (nSPS) is 10.2. The van der Waals surface area contributed by atoms with Gasteiger partial charge in [0.15, 0.2) is 0 Å². The highest BCUT2D eigenvalue weighted by molar-refractivity contribution is 5.25. The molecule has 0 atom stereocenters. The van der Waals surface area contributed by atoms with Gasteiger partial charge >= 0.3 is 0 Å². The number of nitrogens with zero attached hydrogens (tertiary/aromatic N) is 2. The molecule has 0 saturated carbocycles. The molecule has 1 aromatic heterocycles. The Hall–Kier alpha value is -2.17. The third-order valence-electron chi connectivity index (χ3n) is 2.12. The molecule has 0 spiro atoms. The Balaban J connectivity index is 1.87. The zero-order chi connectivity index (χ0) is 12.1. The number of aromatic nitrogens is 2. The largest absolute Gasteiger partial charge is 0.493 e. The highest BCUT2D eigenvalue weighted by Gasteiger charge is 1.99. The molecular weight excluding hydrogens is 221 g/mol. The Kier molecular flexibility index (Phi) is 3.49. The van der Waals surface area contributed by atoms with Crippen LogP contribution >= 0.6 is 0 Å². The molecule has 2 N–H and O–H groups in total. The summed E-state index contributed by atoms with van der Waals surface area (Å²) in [7, 11) is 0. The molecule has 0 fully saturated rings. The van der Waals surface area contributed by atoms with Crippen molar-refractivity contribution < 1.29 is 9.13 Å². The third-order valence-corrected chi connectivity index (χ3v) is 2.12. The highest BCUT2D eigenvalue weighted by atomic mass is 19.1. The monoisotopic (exact) mass is 233 g/mol. The van der Waals surface area contributed by atoms with Crippen molar-refractivity contribution in [3.63, 3.8) is 0 Å². The Bertz CT molecular complexity index is 459. The molecule has 5 heteroatoms. The first kappa shape index (κ1) is 11.3. The topological polar surface area (TPSA) is 61.0 Å². The van der Waals surface area contributed by atoms with Gasteiger partial charge in [-0.05, 0) is 18.2 Å². The molecule has 0 radical (unpaired) electrons. The van der Waals surface area contributed by atoms with Crippen molar-refractivity contribution in [1.29, 1.82) is 0 Å². The first-order valence-corrected chi connectivity index (χ1v) is 5.20. The van der Waals surface area contributed by atoms with Crippen LogP contribution in [0.1, 0.15) is 5.82 Å². The van der Waals surface area contributed by atoms with Gasteiger partial charge in [0.05, 0.1) is 6.61 Å². The Morgan fingerprint density at radius 1 is 1.29 bits per heavy atom. The lowest BCUT2D eigenvalue weighted by Crippen LogP contribution is -2.06. The lowest BCUT2D eigenvalue weighted by atomic mass is 10.3. The van der Waals surface area contributed by atoms with Crippen LogP contribution in [0, 0.1) is 5.82 Å². The maximum atomic E-state index is 12.8. The van der Waals surface area contributed by atoms with Crippen LogP contribution in [0.25, 0.3) is 0 Å². The quantitative estimate of drug-likeness (QED) is 0.875. The van der Waals surface area contributed by atoms with E-state index in [0.29, 0.717) is 30.4 Å². The SMILES string of the molecule is Nc1ccnc(CCOc2cccc(F)c2)n1. The van der Waals surface area contributed by atoms with Crippen molar-refractivity contribution >= 4 is 5.82 Å². The van der Waals surface area contributed by atoms with Crippen molar-refractivity contribution in [2.75, 3.05) is 12.3 Å². The second kappa shape index (κ2) is 5.25. The summed E-state index contributed by atoms with van der Waals surface area (Å²) < 4.78 is 18.2. The number of benzene rings is 1. The van der Waals surface area contributed by atoms with Gasteiger partial charge in [0.25, 0.3) is 0 Å². The summed E-state index contributed by atoms with van der Waals surface area (Å²) in [6, 6.07) is 7.62. The molecule has 0 aliphatic heterocycles. The van der Waals surface area contributed by atoms with Gasteiger partial charge in [-0.2, -0.15) is 0 Å². The number of anilines is 1. The maximum absolute atomic E-state index is 12.8. The van der Waals surface area contributed by atoms with E-state index in [1.807, 2.05) is 0 Å². The summed E-state index contributed by atoms with van der Waals surface area (Å²) >= 11 is 0. The molecule has 1 heterocycles. The first-order chi connectivity index (χ1) is 8.24. The van der Waals surface area contributed by atoms with E-state index in [1.165, 1.54) is 12.1 Å². The second-order valence-electron chi connectivity index (χ2n) is 3.45. The predicted octanol–water partition coefficient (Wildman–Crippen LogP) is 1.82. The molecule has 2 aromatic rings. The average molecular weight is 233 g/mol.